The van der Waals surface area contributed by atoms with E-state index in [0.717, 1.165) is 32.7 Å². The van der Waals surface area contributed by atoms with Gasteiger partial charge in [-0.05, 0) is 24.7 Å². The Kier molecular flexibility index (Phi) is 5.66. The van der Waals surface area contributed by atoms with Crippen LogP contribution in [0.2, 0.25) is 0 Å². The molecule has 1 fully saturated rings. The Labute approximate surface area is 195 Å². The number of halogens is 1. The smallest absolute Gasteiger partial charge is 0.284 e. The number of amidine groups is 1. The first-order valence-electron chi connectivity index (χ1n) is 11.1. The number of nitrogens with zero attached hydrogens (tertiary/aromatic N) is 6. The van der Waals surface area contributed by atoms with Crippen LogP contribution in [0, 0.1) is 15.9 Å². The summed E-state index contributed by atoms with van der Waals surface area (Å²) in [6, 6.07) is 10.3. The molecule has 174 valence electrons. The van der Waals surface area contributed by atoms with Crippen molar-refractivity contribution in [2.24, 2.45) is 9.98 Å². The average molecular weight is 462 g/mol. The van der Waals surface area contributed by atoms with Crippen LogP contribution in [-0.2, 0) is 4.79 Å². The quantitative estimate of drug-likeness (QED) is 0.396. The molecule has 2 aromatic carbocycles. The van der Waals surface area contributed by atoms with Crippen molar-refractivity contribution in [1.82, 2.24) is 9.80 Å². The molecule has 3 aliphatic rings. The second kappa shape index (κ2) is 8.79. The van der Waals surface area contributed by atoms with Crippen LogP contribution < -0.4 is 4.90 Å². The van der Waals surface area contributed by atoms with Crippen LogP contribution in [0.4, 0.5) is 15.8 Å². The van der Waals surface area contributed by atoms with E-state index in [1.807, 2.05) is 0 Å². The van der Waals surface area contributed by atoms with Crippen molar-refractivity contribution in [3.63, 3.8) is 0 Å². The number of anilines is 1. The third-order valence-corrected chi connectivity index (χ3v) is 6.28. The summed E-state index contributed by atoms with van der Waals surface area (Å²) in [6.45, 7) is 6.58. The summed E-state index contributed by atoms with van der Waals surface area (Å²) in [5.41, 5.74) is 1.31. The Morgan fingerprint density at radius 3 is 2.59 bits per heavy atom. The predicted octanol–water partition coefficient (Wildman–Crippen LogP) is 2.81. The van der Waals surface area contributed by atoms with Gasteiger partial charge in [0.15, 0.2) is 0 Å². The first-order valence-corrected chi connectivity index (χ1v) is 11.1. The molecule has 2 aromatic rings. The third kappa shape index (κ3) is 3.86. The van der Waals surface area contributed by atoms with Gasteiger partial charge in [0.2, 0.25) is 0 Å². The molecule has 1 saturated heterocycles. The minimum atomic E-state index is -0.522. The van der Waals surface area contributed by atoms with Gasteiger partial charge in [0.1, 0.15) is 17.3 Å². The summed E-state index contributed by atoms with van der Waals surface area (Å²) in [6.07, 6.45) is 1.78. The molecule has 0 spiro atoms. The second-order valence-corrected chi connectivity index (χ2v) is 8.26. The van der Waals surface area contributed by atoms with Gasteiger partial charge >= 0.3 is 0 Å². The van der Waals surface area contributed by atoms with E-state index in [9.17, 15) is 19.3 Å². The maximum atomic E-state index is 14.7. The molecule has 3 aliphatic heterocycles. The summed E-state index contributed by atoms with van der Waals surface area (Å²) in [7, 11) is 0. The maximum absolute atomic E-state index is 14.7. The molecular weight excluding hydrogens is 439 g/mol. The van der Waals surface area contributed by atoms with Gasteiger partial charge in [-0.1, -0.05) is 19.1 Å². The predicted molar refractivity (Wildman–Crippen MR) is 127 cm³/mol. The summed E-state index contributed by atoms with van der Waals surface area (Å²) >= 11 is 0. The van der Waals surface area contributed by atoms with Crippen molar-refractivity contribution in [3.05, 3.63) is 81.4 Å². The van der Waals surface area contributed by atoms with E-state index in [2.05, 4.69) is 26.7 Å². The lowest BCUT2D eigenvalue weighted by atomic mass is 9.99. The van der Waals surface area contributed by atoms with E-state index in [1.54, 1.807) is 24.4 Å². The topological polar surface area (TPSA) is 94.7 Å². The van der Waals surface area contributed by atoms with Gasteiger partial charge in [0, 0.05) is 55.6 Å². The standard InChI is InChI=1S/C24H23FN6O3/c1-2-28-9-11-29(12-10-28)15-20-24(32)30-21-8-7-16(31(33)34)13-18(21)23(26-14-22(30)27-20)17-5-3-4-6-19(17)25/h3-8,13,15H,2,9-12,14H2,1H3/b20-15+. The molecule has 5 rings (SSSR count). The van der Waals surface area contributed by atoms with Gasteiger partial charge in [0.05, 0.1) is 22.9 Å². The van der Waals surface area contributed by atoms with Crippen molar-refractivity contribution in [2.45, 2.75) is 6.92 Å². The zero-order chi connectivity index (χ0) is 23.8. The number of carbonyl (C=O) groups excluding carboxylic acids is 1. The maximum Gasteiger partial charge on any atom is 0.284 e. The van der Waals surface area contributed by atoms with Crippen molar-refractivity contribution in [2.75, 3.05) is 44.2 Å². The molecule has 0 bridgehead atoms. The van der Waals surface area contributed by atoms with Gasteiger partial charge in [-0.15, -0.1) is 0 Å². The number of hydrogen-bond acceptors (Lipinski definition) is 7. The Morgan fingerprint density at radius 1 is 1.12 bits per heavy atom. The number of likely N-dealkylation sites (N-methyl/N-ethyl adjacent to an activating group) is 1. The molecule has 1 amide bonds. The summed E-state index contributed by atoms with van der Waals surface area (Å²) < 4.78 is 14.7. The van der Waals surface area contributed by atoms with Crippen LogP contribution in [0.3, 0.4) is 0 Å². The van der Waals surface area contributed by atoms with Crippen LogP contribution in [0.1, 0.15) is 18.1 Å². The molecule has 0 N–H and O–H groups in total. The van der Waals surface area contributed by atoms with Gasteiger partial charge in [0.25, 0.3) is 11.6 Å². The molecular formula is C24H23FN6O3. The van der Waals surface area contributed by atoms with E-state index >= 15 is 0 Å². The van der Waals surface area contributed by atoms with Crippen molar-refractivity contribution >= 4 is 28.8 Å². The van der Waals surface area contributed by atoms with Crippen LogP contribution in [-0.4, -0.2) is 71.4 Å². The lowest BCUT2D eigenvalue weighted by Crippen LogP contribution is -2.44. The minimum absolute atomic E-state index is 0.0405. The highest BCUT2D eigenvalue weighted by molar-refractivity contribution is 6.32. The van der Waals surface area contributed by atoms with Gasteiger partial charge in [-0.2, -0.15) is 0 Å². The number of piperazine rings is 1. The number of nitro groups is 1. The summed E-state index contributed by atoms with van der Waals surface area (Å²) in [5, 5.41) is 11.5. The first-order chi connectivity index (χ1) is 16.5. The summed E-state index contributed by atoms with van der Waals surface area (Å²) in [5.74, 6) is -0.418. The molecule has 0 aromatic heterocycles. The Hall–Kier alpha value is -3.92. The van der Waals surface area contributed by atoms with Crippen molar-refractivity contribution < 1.29 is 14.1 Å². The highest BCUT2D eigenvalue weighted by Crippen LogP contribution is 2.34. The Morgan fingerprint density at radius 2 is 1.88 bits per heavy atom. The van der Waals surface area contributed by atoms with E-state index in [1.165, 1.54) is 29.2 Å². The fraction of sp³-hybridized carbons (Fsp3) is 0.292. The van der Waals surface area contributed by atoms with E-state index in [0.29, 0.717) is 22.8 Å². The van der Waals surface area contributed by atoms with Gasteiger partial charge in [-0.3, -0.25) is 24.8 Å². The monoisotopic (exact) mass is 462 g/mol. The number of aliphatic imine (C=N–C) groups is 2. The fourth-order valence-electron chi connectivity index (χ4n) is 4.43. The molecule has 34 heavy (non-hydrogen) atoms. The molecule has 10 heteroatoms. The van der Waals surface area contributed by atoms with Crippen LogP contribution in [0.25, 0.3) is 0 Å². The highest BCUT2D eigenvalue weighted by Gasteiger charge is 2.37. The van der Waals surface area contributed by atoms with Crippen LogP contribution >= 0.6 is 0 Å². The van der Waals surface area contributed by atoms with E-state index in [4.69, 9.17) is 0 Å². The lowest BCUT2D eigenvalue weighted by molar-refractivity contribution is -0.384. The molecule has 0 aliphatic carbocycles. The van der Waals surface area contributed by atoms with E-state index < -0.39 is 10.7 Å². The van der Waals surface area contributed by atoms with Crippen molar-refractivity contribution in [1.29, 1.82) is 0 Å². The molecule has 0 atom stereocenters. The number of benzene rings is 2. The Bertz CT molecular complexity index is 1260. The number of hydrogen-bond donors (Lipinski definition) is 0. The molecule has 0 unspecified atom stereocenters. The van der Waals surface area contributed by atoms with Gasteiger partial charge in [-0.25, -0.2) is 9.38 Å². The molecule has 3 heterocycles. The number of rotatable bonds is 4. The number of fused-ring (bicyclic) bond motifs is 3. The summed E-state index contributed by atoms with van der Waals surface area (Å²) in [4.78, 5) is 39.3. The molecule has 0 radical (unpaired) electrons. The second-order valence-electron chi connectivity index (χ2n) is 8.26. The highest BCUT2D eigenvalue weighted by atomic mass is 19.1. The first kappa shape index (κ1) is 21.9. The van der Waals surface area contributed by atoms with Crippen LogP contribution in [0.5, 0.6) is 0 Å². The largest absolute Gasteiger partial charge is 0.373 e. The van der Waals surface area contributed by atoms with Gasteiger partial charge < -0.3 is 9.80 Å². The third-order valence-electron chi connectivity index (χ3n) is 6.28. The molecule has 9 nitrogen and oxygen atoms in total. The molecule has 0 saturated carbocycles. The zero-order valence-electron chi connectivity index (χ0n) is 18.6. The van der Waals surface area contributed by atoms with Crippen LogP contribution in [0.15, 0.2) is 64.3 Å². The number of carbonyl (C=O) groups is 1. The SMILES string of the molecule is CCN1CCN(/C=C2/N=C3CN=C(c4ccccc4F)c4cc([N+](=O)[O-])ccc4N3C2=O)CC1. The number of amides is 1. The number of non-ortho nitro benzene ring substituents is 1. The minimum Gasteiger partial charge on any atom is -0.373 e. The zero-order valence-corrected chi connectivity index (χ0v) is 18.6. The fourth-order valence-corrected chi connectivity index (χ4v) is 4.43. The average Bonchev–Trinajstić information content (AvgIpc) is 3.05. The Balaban J connectivity index is 1.57. The lowest BCUT2D eigenvalue weighted by Gasteiger charge is -2.33. The number of nitro benzene ring substituents is 1. The normalized spacial score (nSPS) is 19.5. The van der Waals surface area contributed by atoms with Crippen molar-refractivity contribution in [3.8, 4) is 0 Å². The van der Waals surface area contributed by atoms with E-state index in [-0.39, 0.29) is 29.4 Å².